The third kappa shape index (κ3) is 3.85. The molecule has 20 heavy (non-hydrogen) atoms. The quantitative estimate of drug-likeness (QED) is 0.842. The molecule has 1 aromatic heterocycles. The van der Waals surface area contributed by atoms with E-state index in [1.54, 1.807) is 13.4 Å². The fourth-order valence-electron chi connectivity index (χ4n) is 2.20. The van der Waals surface area contributed by atoms with Gasteiger partial charge in [-0.25, -0.2) is 0 Å². The molecule has 1 heterocycles. The predicted octanol–water partition coefficient (Wildman–Crippen LogP) is 2.64. The molecule has 0 atom stereocenters. The van der Waals surface area contributed by atoms with Crippen LogP contribution in [0.15, 0.2) is 41.0 Å². The molecular weight excluding hydrogens is 252 g/mol. The van der Waals surface area contributed by atoms with Crippen LogP contribution in [0.25, 0.3) is 0 Å². The highest BCUT2D eigenvalue weighted by atomic mass is 16.5. The van der Waals surface area contributed by atoms with Gasteiger partial charge < -0.3 is 14.5 Å². The standard InChI is InChI=1S/C16H22N2O2/c1-17-10-14-8-9-20-16(14)12-18(2)11-13-4-6-15(19-3)7-5-13/h4-9,17H,10-12H2,1-3H3. The smallest absolute Gasteiger partial charge is 0.122 e. The first-order valence-electron chi connectivity index (χ1n) is 6.74. The van der Waals surface area contributed by atoms with Gasteiger partial charge in [0.2, 0.25) is 0 Å². The zero-order chi connectivity index (χ0) is 14.4. The van der Waals surface area contributed by atoms with Crippen molar-refractivity contribution in [1.82, 2.24) is 10.2 Å². The topological polar surface area (TPSA) is 37.6 Å². The van der Waals surface area contributed by atoms with Gasteiger partial charge in [0.15, 0.2) is 0 Å². The molecule has 0 aliphatic heterocycles. The predicted molar refractivity (Wildman–Crippen MR) is 79.6 cm³/mol. The third-order valence-electron chi connectivity index (χ3n) is 3.23. The molecule has 108 valence electrons. The van der Waals surface area contributed by atoms with Gasteiger partial charge in [-0.1, -0.05) is 12.1 Å². The van der Waals surface area contributed by atoms with Crippen LogP contribution >= 0.6 is 0 Å². The van der Waals surface area contributed by atoms with Gasteiger partial charge in [0.05, 0.1) is 19.9 Å². The lowest BCUT2D eigenvalue weighted by atomic mass is 10.2. The summed E-state index contributed by atoms with van der Waals surface area (Å²) in [5, 5.41) is 3.15. The average Bonchev–Trinajstić information content (AvgIpc) is 2.87. The number of rotatable bonds is 7. The molecule has 0 aliphatic carbocycles. The minimum absolute atomic E-state index is 0.802. The van der Waals surface area contributed by atoms with E-state index in [1.807, 2.05) is 25.2 Å². The second kappa shape index (κ2) is 7.12. The Hall–Kier alpha value is -1.78. The van der Waals surface area contributed by atoms with Crippen LogP contribution in [-0.4, -0.2) is 26.1 Å². The van der Waals surface area contributed by atoms with Gasteiger partial charge in [-0.15, -0.1) is 0 Å². The largest absolute Gasteiger partial charge is 0.497 e. The fourth-order valence-corrected chi connectivity index (χ4v) is 2.20. The fraction of sp³-hybridized carbons (Fsp3) is 0.375. The van der Waals surface area contributed by atoms with Gasteiger partial charge in [-0.05, 0) is 37.9 Å². The maximum absolute atomic E-state index is 5.56. The molecule has 0 amide bonds. The minimum Gasteiger partial charge on any atom is -0.497 e. The number of methoxy groups -OCH3 is 1. The number of furan rings is 1. The van der Waals surface area contributed by atoms with E-state index in [2.05, 4.69) is 29.4 Å². The molecule has 0 aliphatic rings. The van der Waals surface area contributed by atoms with E-state index in [1.165, 1.54) is 11.1 Å². The molecule has 4 heteroatoms. The van der Waals surface area contributed by atoms with E-state index in [4.69, 9.17) is 9.15 Å². The summed E-state index contributed by atoms with van der Waals surface area (Å²) in [6.07, 6.45) is 1.75. The number of nitrogens with zero attached hydrogens (tertiary/aromatic N) is 1. The van der Waals surface area contributed by atoms with Crippen molar-refractivity contribution in [1.29, 1.82) is 0 Å². The summed E-state index contributed by atoms with van der Waals surface area (Å²) in [4.78, 5) is 2.24. The van der Waals surface area contributed by atoms with Crippen molar-refractivity contribution in [2.45, 2.75) is 19.6 Å². The highest BCUT2D eigenvalue weighted by Crippen LogP contribution is 2.16. The molecule has 1 N–H and O–H groups in total. The van der Waals surface area contributed by atoms with Crippen LogP contribution in [0.1, 0.15) is 16.9 Å². The van der Waals surface area contributed by atoms with Gasteiger partial charge in [0.25, 0.3) is 0 Å². The van der Waals surface area contributed by atoms with Gasteiger partial charge >= 0.3 is 0 Å². The molecule has 4 nitrogen and oxygen atoms in total. The van der Waals surface area contributed by atoms with Crippen molar-refractivity contribution in [2.24, 2.45) is 0 Å². The Balaban J connectivity index is 1.94. The van der Waals surface area contributed by atoms with Gasteiger partial charge in [0.1, 0.15) is 11.5 Å². The van der Waals surface area contributed by atoms with Crippen LogP contribution in [0, 0.1) is 0 Å². The van der Waals surface area contributed by atoms with E-state index >= 15 is 0 Å². The van der Waals surface area contributed by atoms with Crippen LogP contribution in [0.3, 0.4) is 0 Å². The van der Waals surface area contributed by atoms with Crippen LogP contribution < -0.4 is 10.1 Å². The molecule has 1 aromatic carbocycles. The number of nitrogens with one attached hydrogen (secondary N) is 1. The molecule has 2 aromatic rings. The molecule has 0 spiro atoms. The molecule has 0 saturated heterocycles. The van der Waals surface area contributed by atoms with Crippen LogP contribution in [0.2, 0.25) is 0 Å². The Morgan fingerprint density at radius 3 is 2.55 bits per heavy atom. The van der Waals surface area contributed by atoms with Crippen molar-refractivity contribution in [2.75, 3.05) is 21.2 Å². The van der Waals surface area contributed by atoms with Crippen molar-refractivity contribution >= 4 is 0 Å². The van der Waals surface area contributed by atoms with Crippen molar-refractivity contribution in [3.8, 4) is 5.75 Å². The number of benzene rings is 1. The summed E-state index contributed by atoms with van der Waals surface area (Å²) in [5.41, 5.74) is 2.48. The van der Waals surface area contributed by atoms with Crippen molar-refractivity contribution in [3.05, 3.63) is 53.5 Å². The van der Waals surface area contributed by atoms with E-state index in [9.17, 15) is 0 Å². The minimum atomic E-state index is 0.802. The SMILES string of the molecule is CNCc1ccoc1CN(C)Cc1ccc(OC)cc1. The molecule has 0 unspecified atom stereocenters. The first-order chi connectivity index (χ1) is 9.72. The van der Waals surface area contributed by atoms with Crippen LogP contribution in [-0.2, 0) is 19.6 Å². The summed E-state index contributed by atoms with van der Waals surface area (Å²) in [5.74, 6) is 1.91. The summed E-state index contributed by atoms with van der Waals surface area (Å²) in [7, 11) is 5.72. The Morgan fingerprint density at radius 1 is 1.15 bits per heavy atom. The van der Waals surface area contributed by atoms with Crippen molar-refractivity contribution < 1.29 is 9.15 Å². The average molecular weight is 274 g/mol. The molecular formula is C16H22N2O2. The number of hydrogen-bond acceptors (Lipinski definition) is 4. The summed E-state index contributed by atoms with van der Waals surface area (Å²) in [6, 6.07) is 10.2. The third-order valence-corrected chi connectivity index (χ3v) is 3.23. The lowest BCUT2D eigenvalue weighted by molar-refractivity contribution is 0.286. The first kappa shape index (κ1) is 14.6. The Labute approximate surface area is 120 Å². The Bertz CT molecular complexity index is 520. The maximum Gasteiger partial charge on any atom is 0.122 e. The molecule has 0 saturated carbocycles. The second-order valence-corrected chi connectivity index (χ2v) is 4.92. The highest BCUT2D eigenvalue weighted by molar-refractivity contribution is 5.27. The Kier molecular flexibility index (Phi) is 5.21. The summed E-state index contributed by atoms with van der Waals surface area (Å²) >= 11 is 0. The monoisotopic (exact) mass is 274 g/mol. The number of ether oxygens (including phenoxy) is 1. The summed E-state index contributed by atoms with van der Waals surface area (Å²) < 4.78 is 10.7. The number of hydrogen-bond donors (Lipinski definition) is 1. The second-order valence-electron chi connectivity index (χ2n) is 4.92. The zero-order valence-corrected chi connectivity index (χ0v) is 12.3. The lowest BCUT2D eigenvalue weighted by Gasteiger charge is -2.16. The lowest BCUT2D eigenvalue weighted by Crippen LogP contribution is -2.18. The van der Waals surface area contributed by atoms with Gasteiger partial charge in [0, 0.05) is 18.7 Å². The molecule has 0 fully saturated rings. The maximum atomic E-state index is 5.56. The molecule has 2 rings (SSSR count). The van der Waals surface area contributed by atoms with E-state index in [-0.39, 0.29) is 0 Å². The van der Waals surface area contributed by atoms with E-state index in [0.29, 0.717) is 0 Å². The Morgan fingerprint density at radius 2 is 1.90 bits per heavy atom. The zero-order valence-electron chi connectivity index (χ0n) is 12.3. The highest BCUT2D eigenvalue weighted by Gasteiger charge is 2.09. The molecule has 0 radical (unpaired) electrons. The van der Waals surface area contributed by atoms with E-state index < -0.39 is 0 Å². The van der Waals surface area contributed by atoms with Crippen molar-refractivity contribution in [3.63, 3.8) is 0 Å². The normalized spacial score (nSPS) is 11.0. The van der Waals surface area contributed by atoms with Crippen LogP contribution in [0.4, 0.5) is 0 Å². The van der Waals surface area contributed by atoms with E-state index in [0.717, 1.165) is 31.1 Å². The first-order valence-corrected chi connectivity index (χ1v) is 6.74. The summed E-state index contributed by atoms with van der Waals surface area (Å²) in [6.45, 7) is 2.52. The van der Waals surface area contributed by atoms with Gasteiger partial charge in [-0.2, -0.15) is 0 Å². The van der Waals surface area contributed by atoms with Crippen LogP contribution in [0.5, 0.6) is 5.75 Å². The molecule has 0 bridgehead atoms. The van der Waals surface area contributed by atoms with Gasteiger partial charge in [-0.3, -0.25) is 4.90 Å².